The van der Waals surface area contributed by atoms with E-state index in [0.29, 0.717) is 29.2 Å². The van der Waals surface area contributed by atoms with Crippen molar-refractivity contribution in [1.29, 1.82) is 0 Å². The summed E-state index contributed by atoms with van der Waals surface area (Å²) < 4.78 is 38.6. The molecule has 1 heterocycles. The standard InChI is InChI=1S/C17H24N2O7S/c1-24-13-5-4-12(16(25-2)17(13)26-3)9-15(21)19-18-14(20)8-11-6-7-27(22,23)10-11/h4-5,11H,6-10H2,1-3H3,(H,18,20)(H,19,21)/t11-/m0/s1. The number of carbonyl (C=O) groups is 2. The van der Waals surface area contributed by atoms with E-state index in [0.717, 1.165) is 0 Å². The Bertz CT molecular complexity index is 808. The van der Waals surface area contributed by atoms with Crippen LogP contribution < -0.4 is 25.1 Å². The van der Waals surface area contributed by atoms with E-state index >= 15 is 0 Å². The predicted molar refractivity (Wildman–Crippen MR) is 97.5 cm³/mol. The van der Waals surface area contributed by atoms with Gasteiger partial charge in [-0.3, -0.25) is 20.4 Å². The number of methoxy groups -OCH3 is 3. The number of rotatable bonds is 7. The molecule has 9 nitrogen and oxygen atoms in total. The molecule has 2 amide bonds. The highest BCUT2D eigenvalue weighted by Crippen LogP contribution is 2.39. The summed E-state index contributed by atoms with van der Waals surface area (Å²) in [5.74, 6) is 0.244. The Morgan fingerprint density at radius 1 is 1.04 bits per heavy atom. The molecule has 1 aliphatic heterocycles. The molecule has 1 fully saturated rings. The van der Waals surface area contributed by atoms with Crippen molar-refractivity contribution in [3.05, 3.63) is 17.7 Å². The van der Waals surface area contributed by atoms with Crippen LogP contribution in [0.4, 0.5) is 0 Å². The molecule has 2 rings (SSSR count). The van der Waals surface area contributed by atoms with Gasteiger partial charge in [0.25, 0.3) is 0 Å². The Labute approximate surface area is 158 Å². The first-order chi connectivity index (χ1) is 12.8. The number of hydrogen-bond acceptors (Lipinski definition) is 7. The molecular formula is C17H24N2O7S. The molecule has 0 aromatic heterocycles. The van der Waals surface area contributed by atoms with E-state index in [1.807, 2.05) is 0 Å². The average Bonchev–Trinajstić information content (AvgIpc) is 2.97. The maximum Gasteiger partial charge on any atom is 0.242 e. The maximum absolute atomic E-state index is 12.1. The number of hydrazine groups is 1. The molecule has 0 radical (unpaired) electrons. The van der Waals surface area contributed by atoms with Crippen LogP contribution >= 0.6 is 0 Å². The normalized spacial score (nSPS) is 17.8. The molecule has 1 saturated heterocycles. The fourth-order valence-corrected chi connectivity index (χ4v) is 4.87. The SMILES string of the molecule is COc1ccc(CC(=O)NNC(=O)C[C@@H]2CCS(=O)(=O)C2)c(OC)c1OC. The number of hydrogen-bond donors (Lipinski definition) is 2. The lowest BCUT2D eigenvalue weighted by atomic mass is 10.1. The summed E-state index contributed by atoms with van der Waals surface area (Å²) >= 11 is 0. The van der Waals surface area contributed by atoms with Crippen LogP contribution in [0.3, 0.4) is 0 Å². The first-order valence-electron chi connectivity index (χ1n) is 8.35. The van der Waals surface area contributed by atoms with Crippen LogP contribution in [0.5, 0.6) is 17.2 Å². The smallest absolute Gasteiger partial charge is 0.242 e. The molecule has 0 spiro atoms. The van der Waals surface area contributed by atoms with Gasteiger partial charge >= 0.3 is 0 Å². The van der Waals surface area contributed by atoms with E-state index in [1.165, 1.54) is 21.3 Å². The van der Waals surface area contributed by atoms with E-state index in [4.69, 9.17) is 14.2 Å². The first-order valence-corrected chi connectivity index (χ1v) is 10.2. The molecule has 27 heavy (non-hydrogen) atoms. The maximum atomic E-state index is 12.1. The Hall–Kier alpha value is -2.49. The van der Waals surface area contributed by atoms with E-state index in [2.05, 4.69) is 10.9 Å². The zero-order chi connectivity index (χ0) is 20.0. The highest BCUT2D eigenvalue weighted by molar-refractivity contribution is 7.91. The van der Waals surface area contributed by atoms with Gasteiger partial charge in [0, 0.05) is 12.0 Å². The molecule has 0 bridgehead atoms. The van der Waals surface area contributed by atoms with Crippen molar-refractivity contribution >= 4 is 21.7 Å². The summed E-state index contributed by atoms with van der Waals surface area (Å²) in [5.41, 5.74) is 5.20. The second kappa shape index (κ2) is 8.94. The van der Waals surface area contributed by atoms with Gasteiger partial charge in [-0.25, -0.2) is 8.42 Å². The topological polar surface area (TPSA) is 120 Å². The van der Waals surface area contributed by atoms with E-state index in [-0.39, 0.29) is 30.3 Å². The second-order valence-electron chi connectivity index (χ2n) is 6.24. The lowest BCUT2D eigenvalue weighted by Gasteiger charge is -2.16. The van der Waals surface area contributed by atoms with Crippen LogP contribution in [-0.2, 0) is 25.8 Å². The third kappa shape index (κ3) is 5.49. The van der Waals surface area contributed by atoms with Gasteiger partial charge in [0.15, 0.2) is 21.3 Å². The highest BCUT2D eigenvalue weighted by atomic mass is 32.2. The van der Waals surface area contributed by atoms with Crippen LogP contribution in [-0.4, -0.2) is 53.1 Å². The van der Waals surface area contributed by atoms with Crippen molar-refractivity contribution in [2.75, 3.05) is 32.8 Å². The largest absolute Gasteiger partial charge is 0.493 e. The van der Waals surface area contributed by atoms with Gasteiger partial charge in [-0.15, -0.1) is 0 Å². The fraction of sp³-hybridized carbons (Fsp3) is 0.529. The molecular weight excluding hydrogens is 376 g/mol. The molecule has 2 N–H and O–H groups in total. The second-order valence-corrected chi connectivity index (χ2v) is 8.47. The molecule has 1 aliphatic rings. The Balaban J connectivity index is 1.91. The van der Waals surface area contributed by atoms with Crippen molar-refractivity contribution in [2.24, 2.45) is 5.92 Å². The third-order valence-corrected chi connectivity index (χ3v) is 6.12. The zero-order valence-corrected chi connectivity index (χ0v) is 16.4. The lowest BCUT2D eigenvalue weighted by Crippen LogP contribution is -2.43. The van der Waals surface area contributed by atoms with Crippen molar-refractivity contribution in [2.45, 2.75) is 19.3 Å². The van der Waals surface area contributed by atoms with Crippen molar-refractivity contribution < 1.29 is 32.2 Å². The number of sulfone groups is 1. The minimum absolute atomic E-state index is 0.0111. The summed E-state index contributed by atoms with van der Waals surface area (Å²) in [6.07, 6.45) is 0.466. The molecule has 1 aromatic carbocycles. The minimum atomic E-state index is -3.04. The van der Waals surface area contributed by atoms with Crippen LogP contribution in [0.2, 0.25) is 0 Å². The summed E-state index contributed by atoms with van der Waals surface area (Å²) in [6, 6.07) is 3.33. The molecule has 0 unspecified atom stereocenters. The van der Waals surface area contributed by atoms with Crippen molar-refractivity contribution in [3.8, 4) is 17.2 Å². The van der Waals surface area contributed by atoms with Gasteiger partial charge < -0.3 is 14.2 Å². The van der Waals surface area contributed by atoms with Gasteiger partial charge in [-0.2, -0.15) is 0 Å². The summed E-state index contributed by atoms with van der Waals surface area (Å²) in [4.78, 5) is 24.0. The average molecular weight is 400 g/mol. The highest BCUT2D eigenvalue weighted by Gasteiger charge is 2.29. The predicted octanol–water partition coefficient (Wildman–Crippen LogP) is 0.227. The first kappa shape index (κ1) is 20.8. The van der Waals surface area contributed by atoms with E-state index in [1.54, 1.807) is 12.1 Å². The molecule has 0 aliphatic carbocycles. The number of amides is 2. The minimum Gasteiger partial charge on any atom is -0.493 e. The van der Waals surface area contributed by atoms with Gasteiger partial charge in [-0.1, -0.05) is 6.07 Å². The zero-order valence-electron chi connectivity index (χ0n) is 15.5. The van der Waals surface area contributed by atoms with Crippen LogP contribution in [0.15, 0.2) is 12.1 Å². The lowest BCUT2D eigenvalue weighted by molar-refractivity contribution is -0.129. The van der Waals surface area contributed by atoms with Gasteiger partial charge in [0.05, 0.1) is 39.3 Å². The Morgan fingerprint density at radius 2 is 1.70 bits per heavy atom. The molecule has 150 valence electrons. The Morgan fingerprint density at radius 3 is 2.26 bits per heavy atom. The number of nitrogens with one attached hydrogen (secondary N) is 2. The summed E-state index contributed by atoms with van der Waals surface area (Å²) in [7, 11) is 1.38. The molecule has 10 heteroatoms. The van der Waals surface area contributed by atoms with Gasteiger partial charge in [0.1, 0.15) is 0 Å². The van der Waals surface area contributed by atoms with Crippen LogP contribution in [0.1, 0.15) is 18.4 Å². The quantitative estimate of drug-likeness (QED) is 0.629. The number of benzene rings is 1. The molecule has 1 aromatic rings. The van der Waals surface area contributed by atoms with E-state index < -0.39 is 21.7 Å². The summed E-state index contributed by atoms with van der Waals surface area (Å²) in [6.45, 7) is 0. The Kier molecular flexibility index (Phi) is 6.89. The molecule has 1 atom stereocenters. The van der Waals surface area contributed by atoms with E-state index in [9.17, 15) is 18.0 Å². The number of carbonyl (C=O) groups excluding carboxylic acids is 2. The monoisotopic (exact) mass is 400 g/mol. The molecule has 0 saturated carbocycles. The van der Waals surface area contributed by atoms with Crippen molar-refractivity contribution in [3.63, 3.8) is 0 Å². The van der Waals surface area contributed by atoms with Crippen LogP contribution in [0.25, 0.3) is 0 Å². The van der Waals surface area contributed by atoms with Crippen LogP contribution in [0, 0.1) is 5.92 Å². The van der Waals surface area contributed by atoms with Gasteiger partial charge in [-0.05, 0) is 18.4 Å². The van der Waals surface area contributed by atoms with Gasteiger partial charge in [0.2, 0.25) is 17.6 Å². The number of ether oxygens (including phenoxy) is 3. The fourth-order valence-electron chi connectivity index (χ4n) is 3.01. The van der Waals surface area contributed by atoms with Crippen molar-refractivity contribution in [1.82, 2.24) is 10.9 Å². The third-order valence-electron chi connectivity index (χ3n) is 4.28. The summed E-state index contributed by atoms with van der Waals surface area (Å²) in [5, 5.41) is 0.